The molecule has 1 aromatic rings. The molecule has 1 amide bonds. The van der Waals surface area contributed by atoms with Gasteiger partial charge < -0.3 is 4.74 Å². The zero-order valence-electron chi connectivity index (χ0n) is 11.0. The van der Waals surface area contributed by atoms with Crippen molar-refractivity contribution in [1.29, 1.82) is 0 Å². The lowest BCUT2D eigenvalue weighted by molar-refractivity contribution is -0.116. The number of hydrogen-bond acceptors (Lipinski definition) is 2. The Kier molecular flexibility index (Phi) is 3.36. The molecule has 0 N–H and O–H groups in total. The molecule has 2 aliphatic rings. The molecule has 0 bridgehead atoms. The van der Waals surface area contributed by atoms with Gasteiger partial charge in [0, 0.05) is 17.3 Å². The number of methoxy groups -OCH3 is 1. The van der Waals surface area contributed by atoms with E-state index in [4.69, 9.17) is 16.3 Å². The number of rotatable bonds is 2. The molecule has 2 atom stereocenters. The van der Waals surface area contributed by atoms with E-state index in [0.29, 0.717) is 0 Å². The van der Waals surface area contributed by atoms with Crippen LogP contribution in [-0.4, -0.2) is 18.4 Å². The summed E-state index contributed by atoms with van der Waals surface area (Å²) in [4.78, 5) is 14.1. The molecule has 3 rings (SSSR count). The van der Waals surface area contributed by atoms with Gasteiger partial charge in [0.15, 0.2) is 0 Å². The van der Waals surface area contributed by atoms with Gasteiger partial charge in [-0.05, 0) is 30.3 Å². The van der Waals surface area contributed by atoms with Crippen molar-refractivity contribution in [2.45, 2.75) is 5.38 Å². The van der Waals surface area contributed by atoms with Crippen molar-refractivity contribution in [1.82, 2.24) is 0 Å². The predicted octanol–water partition coefficient (Wildman–Crippen LogP) is 3.28. The quantitative estimate of drug-likeness (QED) is 0.781. The minimum Gasteiger partial charge on any atom is -0.497 e. The van der Waals surface area contributed by atoms with Crippen LogP contribution >= 0.6 is 11.6 Å². The molecule has 0 saturated carbocycles. The molecule has 1 aliphatic heterocycles. The van der Waals surface area contributed by atoms with Crippen LogP contribution in [0.5, 0.6) is 5.75 Å². The summed E-state index contributed by atoms with van der Waals surface area (Å²) >= 11 is 6.28. The first-order chi connectivity index (χ1) is 9.72. The molecule has 1 aliphatic carbocycles. The van der Waals surface area contributed by atoms with Crippen molar-refractivity contribution in [2.75, 3.05) is 12.0 Å². The average molecular weight is 288 g/mol. The van der Waals surface area contributed by atoms with Crippen molar-refractivity contribution < 1.29 is 9.53 Å². The van der Waals surface area contributed by atoms with Crippen molar-refractivity contribution >= 4 is 23.2 Å². The highest BCUT2D eigenvalue weighted by atomic mass is 35.5. The SMILES string of the molecule is COc1ccc(N2C(=O)[C@@H](Cl)[C@@H]3C=CC=CC=C32)cc1. The zero-order valence-corrected chi connectivity index (χ0v) is 11.7. The van der Waals surface area contributed by atoms with Crippen LogP contribution in [0.2, 0.25) is 0 Å². The first kappa shape index (κ1) is 13.0. The number of ether oxygens (including phenoxy) is 1. The molecule has 1 aromatic carbocycles. The lowest BCUT2D eigenvalue weighted by Crippen LogP contribution is -2.26. The Morgan fingerprint density at radius 1 is 1.15 bits per heavy atom. The molecular formula is C16H14ClNO2. The maximum absolute atomic E-state index is 12.4. The fraction of sp³-hybridized carbons (Fsp3) is 0.188. The van der Waals surface area contributed by atoms with E-state index in [0.717, 1.165) is 17.1 Å². The van der Waals surface area contributed by atoms with Gasteiger partial charge in [0.05, 0.1) is 7.11 Å². The van der Waals surface area contributed by atoms with Gasteiger partial charge >= 0.3 is 0 Å². The molecule has 1 saturated heterocycles. The smallest absolute Gasteiger partial charge is 0.250 e. The Hall–Kier alpha value is -2.00. The van der Waals surface area contributed by atoms with Crippen LogP contribution in [0.4, 0.5) is 5.69 Å². The van der Waals surface area contributed by atoms with E-state index in [1.807, 2.05) is 54.6 Å². The molecule has 1 fully saturated rings. The molecule has 0 unspecified atom stereocenters. The molecule has 0 radical (unpaired) electrons. The molecule has 3 nitrogen and oxygen atoms in total. The number of alkyl halides is 1. The molecule has 102 valence electrons. The number of carbonyl (C=O) groups excluding carboxylic acids is 1. The summed E-state index contributed by atoms with van der Waals surface area (Å²) in [5, 5.41) is -0.556. The van der Waals surface area contributed by atoms with Crippen molar-refractivity contribution in [3.05, 3.63) is 60.3 Å². The van der Waals surface area contributed by atoms with Gasteiger partial charge in [-0.15, -0.1) is 11.6 Å². The van der Waals surface area contributed by atoms with E-state index in [1.54, 1.807) is 12.0 Å². The van der Waals surface area contributed by atoms with Crippen molar-refractivity contribution in [3.8, 4) is 5.75 Å². The summed E-state index contributed by atoms with van der Waals surface area (Å²) < 4.78 is 5.14. The Labute approximate surface area is 122 Å². The van der Waals surface area contributed by atoms with Crippen LogP contribution < -0.4 is 9.64 Å². The first-order valence-electron chi connectivity index (χ1n) is 6.39. The molecule has 0 spiro atoms. The maximum atomic E-state index is 12.4. The maximum Gasteiger partial charge on any atom is 0.250 e. The van der Waals surface area contributed by atoms with Gasteiger partial charge in [0.25, 0.3) is 0 Å². The Balaban J connectivity index is 2.02. The second kappa shape index (κ2) is 5.17. The molecule has 4 heteroatoms. The third kappa shape index (κ3) is 2.04. The largest absolute Gasteiger partial charge is 0.497 e. The number of hydrogen-bond donors (Lipinski definition) is 0. The van der Waals surface area contributed by atoms with Crippen molar-refractivity contribution in [3.63, 3.8) is 0 Å². The van der Waals surface area contributed by atoms with Crippen LogP contribution in [0.25, 0.3) is 0 Å². The predicted molar refractivity (Wildman–Crippen MR) is 80.0 cm³/mol. The van der Waals surface area contributed by atoms with E-state index >= 15 is 0 Å². The number of benzene rings is 1. The van der Waals surface area contributed by atoms with Gasteiger partial charge in [0.1, 0.15) is 11.1 Å². The molecular weight excluding hydrogens is 274 g/mol. The number of allylic oxidation sites excluding steroid dienone is 5. The molecule has 20 heavy (non-hydrogen) atoms. The zero-order chi connectivity index (χ0) is 14.1. The van der Waals surface area contributed by atoms with Gasteiger partial charge in [-0.25, -0.2) is 0 Å². The average Bonchev–Trinajstić information content (AvgIpc) is 2.66. The number of carbonyl (C=O) groups is 1. The first-order valence-corrected chi connectivity index (χ1v) is 6.83. The Bertz CT molecular complexity index is 616. The van der Waals surface area contributed by atoms with Gasteiger partial charge in [-0.1, -0.05) is 24.3 Å². The summed E-state index contributed by atoms with van der Waals surface area (Å²) in [6, 6.07) is 7.40. The van der Waals surface area contributed by atoms with Crippen LogP contribution in [0.1, 0.15) is 0 Å². The third-order valence-electron chi connectivity index (χ3n) is 3.51. The van der Waals surface area contributed by atoms with Crippen molar-refractivity contribution in [2.24, 2.45) is 5.92 Å². The van der Waals surface area contributed by atoms with Gasteiger partial charge in [-0.3, -0.25) is 9.69 Å². The topological polar surface area (TPSA) is 29.5 Å². The Morgan fingerprint density at radius 2 is 1.90 bits per heavy atom. The number of anilines is 1. The summed E-state index contributed by atoms with van der Waals surface area (Å²) in [7, 11) is 1.62. The van der Waals surface area contributed by atoms with Gasteiger partial charge in [0.2, 0.25) is 5.91 Å². The van der Waals surface area contributed by atoms with Crippen LogP contribution in [0.3, 0.4) is 0 Å². The number of fused-ring (bicyclic) bond motifs is 1. The second-order valence-corrected chi connectivity index (χ2v) is 5.13. The van der Waals surface area contributed by atoms with Crippen LogP contribution in [0, 0.1) is 5.92 Å². The minimum atomic E-state index is -0.556. The molecule has 0 aromatic heterocycles. The minimum absolute atomic E-state index is 0.0822. The third-order valence-corrected chi connectivity index (χ3v) is 3.97. The highest BCUT2D eigenvalue weighted by Gasteiger charge is 2.42. The number of halogens is 1. The Morgan fingerprint density at radius 3 is 2.60 bits per heavy atom. The lowest BCUT2D eigenvalue weighted by Gasteiger charge is -2.19. The highest BCUT2D eigenvalue weighted by molar-refractivity contribution is 6.35. The monoisotopic (exact) mass is 287 g/mol. The fourth-order valence-corrected chi connectivity index (χ4v) is 2.81. The summed E-state index contributed by atoms with van der Waals surface area (Å²) in [6.07, 6.45) is 9.69. The standard InChI is InChI=1S/C16H14ClNO2/c1-20-12-9-7-11(8-10-12)18-14-6-4-2-3-5-13(14)15(17)16(18)19/h2-10,13,15H,1H3/t13-,15+/m1/s1. The lowest BCUT2D eigenvalue weighted by atomic mass is 10.0. The van der Waals surface area contributed by atoms with E-state index in [2.05, 4.69) is 0 Å². The summed E-state index contributed by atoms with van der Waals surface area (Å²) in [6.45, 7) is 0. The van der Waals surface area contributed by atoms with E-state index in [1.165, 1.54) is 0 Å². The number of amides is 1. The van der Waals surface area contributed by atoms with E-state index in [-0.39, 0.29) is 11.8 Å². The normalized spacial score (nSPS) is 24.4. The summed E-state index contributed by atoms with van der Waals surface area (Å²) in [5.41, 5.74) is 1.71. The summed E-state index contributed by atoms with van der Waals surface area (Å²) in [5.74, 6) is 0.586. The second-order valence-electron chi connectivity index (χ2n) is 4.66. The number of nitrogens with zero attached hydrogens (tertiary/aromatic N) is 1. The van der Waals surface area contributed by atoms with Crippen LogP contribution in [0.15, 0.2) is 60.3 Å². The van der Waals surface area contributed by atoms with Crippen LogP contribution in [-0.2, 0) is 4.79 Å². The van der Waals surface area contributed by atoms with E-state index in [9.17, 15) is 4.79 Å². The highest BCUT2D eigenvalue weighted by Crippen LogP contribution is 2.38. The van der Waals surface area contributed by atoms with E-state index < -0.39 is 5.38 Å². The fourth-order valence-electron chi connectivity index (χ4n) is 2.49. The molecule has 1 heterocycles. The van der Waals surface area contributed by atoms with Gasteiger partial charge in [-0.2, -0.15) is 0 Å².